The molecular weight excluding hydrogens is 304 g/mol. The number of nitrogens with one attached hydrogen (secondary N) is 1. The fourth-order valence-electron chi connectivity index (χ4n) is 3.99. The van der Waals surface area contributed by atoms with Gasteiger partial charge in [0, 0.05) is 37.7 Å². The smallest absolute Gasteiger partial charge is 0.227 e. The lowest BCUT2D eigenvalue weighted by Gasteiger charge is -2.18. The maximum atomic E-state index is 12.4. The van der Waals surface area contributed by atoms with Crippen molar-refractivity contribution in [2.45, 2.75) is 32.1 Å². The zero-order valence-electron chi connectivity index (χ0n) is 13.9. The van der Waals surface area contributed by atoms with Crippen molar-refractivity contribution < 1.29 is 14.3 Å². The molecule has 1 aliphatic carbocycles. The predicted molar refractivity (Wildman–Crippen MR) is 90.9 cm³/mol. The Labute approximate surface area is 142 Å². The highest BCUT2D eigenvalue weighted by molar-refractivity contribution is 6.00. The monoisotopic (exact) mass is 328 g/mol. The largest absolute Gasteiger partial charge is 0.381 e. The van der Waals surface area contributed by atoms with Crippen LogP contribution < -0.4 is 10.2 Å². The van der Waals surface area contributed by atoms with Crippen molar-refractivity contribution in [3.63, 3.8) is 0 Å². The van der Waals surface area contributed by atoms with Crippen molar-refractivity contribution in [3.05, 3.63) is 29.3 Å². The van der Waals surface area contributed by atoms with Gasteiger partial charge in [0.25, 0.3) is 0 Å². The minimum atomic E-state index is -0.243. The molecule has 2 saturated heterocycles. The number of anilines is 1. The maximum Gasteiger partial charge on any atom is 0.227 e. The molecule has 0 saturated carbocycles. The molecule has 2 amide bonds. The quantitative estimate of drug-likeness (QED) is 0.915. The third-order valence-electron chi connectivity index (χ3n) is 5.48. The average molecular weight is 328 g/mol. The molecule has 128 valence electrons. The second kappa shape index (κ2) is 6.55. The Bertz CT molecular complexity index is 652. The Morgan fingerprint density at radius 1 is 1.29 bits per heavy atom. The average Bonchev–Trinajstić information content (AvgIpc) is 3.32. The van der Waals surface area contributed by atoms with E-state index in [4.69, 9.17) is 4.74 Å². The summed E-state index contributed by atoms with van der Waals surface area (Å²) in [6.45, 7) is 2.66. The van der Waals surface area contributed by atoms with Crippen LogP contribution in [0.4, 0.5) is 5.69 Å². The summed E-state index contributed by atoms with van der Waals surface area (Å²) >= 11 is 0. The van der Waals surface area contributed by atoms with E-state index < -0.39 is 0 Å². The third-order valence-corrected chi connectivity index (χ3v) is 5.48. The van der Waals surface area contributed by atoms with Crippen LogP contribution in [0, 0.1) is 11.8 Å². The molecule has 1 aromatic carbocycles. The van der Waals surface area contributed by atoms with E-state index in [2.05, 4.69) is 17.4 Å². The van der Waals surface area contributed by atoms with E-state index in [9.17, 15) is 9.59 Å². The summed E-state index contributed by atoms with van der Waals surface area (Å²) < 4.78 is 5.33. The van der Waals surface area contributed by atoms with E-state index in [1.165, 1.54) is 17.5 Å². The summed E-state index contributed by atoms with van der Waals surface area (Å²) in [6.07, 6.45) is 4.75. The second-order valence-electron chi connectivity index (χ2n) is 7.19. The van der Waals surface area contributed by atoms with Gasteiger partial charge in [-0.15, -0.1) is 0 Å². The summed E-state index contributed by atoms with van der Waals surface area (Å²) in [4.78, 5) is 26.5. The molecule has 5 nitrogen and oxygen atoms in total. The van der Waals surface area contributed by atoms with Crippen LogP contribution in [0.1, 0.15) is 30.4 Å². The molecule has 2 heterocycles. The first-order valence-corrected chi connectivity index (χ1v) is 8.98. The number of rotatable bonds is 4. The molecule has 3 aliphatic rings. The molecule has 0 unspecified atom stereocenters. The van der Waals surface area contributed by atoms with E-state index in [-0.39, 0.29) is 17.7 Å². The number of aryl methyl sites for hydroxylation is 2. The van der Waals surface area contributed by atoms with Crippen molar-refractivity contribution in [1.82, 2.24) is 5.32 Å². The van der Waals surface area contributed by atoms with Crippen LogP contribution in [0.5, 0.6) is 0 Å². The molecule has 0 bridgehead atoms. The van der Waals surface area contributed by atoms with Gasteiger partial charge in [0.15, 0.2) is 0 Å². The Morgan fingerprint density at radius 3 is 3.00 bits per heavy atom. The molecule has 0 radical (unpaired) electrons. The summed E-state index contributed by atoms with van der Waals surface area (Å²) in [5.74, 6) is 0.225. The van der Waals surface area contributed by atoms with Crippen molar-refractivity contribution in [1.29, 1.82) is 0 Å². The van der Waals surface area contributed by atoms with Gasteiger partial charge in [0.1, 0.15) is 0 Å². The molecule has 24 heavy (non-hydrogen) atoms. The van der Waals surface area contributed by atoms with Gasteiger partial charge in [0.2, 0.25) is 11.8 Å². The molecular formula is C19H24N2O3. The normalized spacial score (nSPS) is 26.0. The SMILES string of the molecule is O=C(NC[C@@H]1CCOC1)[C@H]1CC(=O)N(c2ccc3c(c2)CCC3)C1. The van der Waals surface area contributed by atoms with Crippen molar-refractivity contribution >= 4 is 17.5 Å². The highest BCUT2D eigenvalue weighted by Gasteiger charge is 2.35. The Morgan fingerprint density at radius 2 is 2.17 bits per heavy atom. The van der Waals surface area contributed by atoms with Crippen molar-refractivity contribution in [2.24, 2.45) is 11.8 Å². The van der Waals surface area contributed by atoms with Crippen LogP contribution >= 0.6 is 0 Å². The topological polar surface area (TPSA) is 58.6 Å². The van der Waals surface area contributed by atoms with Crippen LogP contribution in [0.2, 0.25) is 0 Å². The van der Waals surface area contributed by atoms with Gasteiger partial charge in [-0.2, -0.15) is 0 Å². The van der Waals surface area contributed by atoms with E-state index in [1.807, 2.05) is 6.07 Å². The molecule has 4 rings (SSSR count). The lowest BCUT2D eigenvalue weighted by atomic mass is 10.1. The van der Waals surface area contributed by atoms with E-state index in [0.717, 1.165) is 38.2 Å². The number of fused-ring (bicyclic) bond motifs is 1. The molecule has 2 fully saturated rings. The summed E-state index contributed by atoms with van der Waals surface area (Å²) in [5.41, 5.74) is 3.70. The van der Waals surface area contributed by atoms with Crippen molar-refractivity contribution in [2.75, 3.05) is 31.2 Å². The van der Waals surface area contributed by atoms with Crippen LogP contribution in [0.25, 0.3) is 0 Å². The minimum Gasteiger partial charge on any atom is -0.381 e. The van der Waals surface area contributed by atoms with Gasteiger partial charge in [-0.1, -0.05) is 6.07 Å². The number of nitrogens with zero attached hydrogens (tertiary/aromatic N) is 1. The zero-order chi connectivity index (χ0) is 16.5. The number of carbonyl (C=O) groups excluding carboxylic acids is 2. The number of benzene rings is 1. The van der Waals surface area contributed by atoms with E-state index in [0.29, 0.717) is 25.4 Å². The predicted octanol–water partition coefficient (Wildman–Crippen LogP) is 1.68. The summed E-state index contributed by atoms with van der Waals surface area (Å²) in [7, 11) is 0. The minimum absolute atomic E-state index is 0.00101. The molecule has 2 atom stereocenters. The standard InChI is InChI=1S/C19H24N2O3/c22-18-9-16(19(23)20-10-13-6-7-24-12-13)11-21(18)17-5-4-14-2-1-3-15(14)8-17/h4-5,8,13,16H,1-3,6-7,9-12H2,(H,20,23)/t13-,16-/m0/s1. The van der Waals surface area contributed by atoms with Crippen LogP contribution in [-0.2, 0) is 27.2 Å². The summed E-state index contributed by atoms with van der Waals surface area (Å²) in [6, 6.07) is 6.30. The van der Waals surface area contributed by atoms with E-state index >= 15 is 0 Å². The summed E-state index contributed by atoms with van der Waals surface area (Å²) in [5, 5.41) is 3.00. The van der Waals surface area contributed by atoms with Crippen LogP contribution in [0.3, 0.4) is 0 Å². The fourth-order valence-corrected chi connectivity index (χ4v) is 3.99. The first-order valence-electron chi connectivity index (χ1n) is 8.98. The maximum absolute atomic E-state index is 12.4. The number of carbonyl (C=O) groups is 2. The zero-order valence-corrected chi connectivity index (χ0v) is 13.9. The highest BCUT2D eigenvalue weighted by atomic mass is 16.5. The molecule has 0 spiro atoms. The van der Waals surface area contributed by atoms with Gasteiger partial charge in [-0.25, -0.2) is 0 Å². The first-order chi connectivity index (χ1) is 11.7. The highest BCUT2D eigenvalue weighted by Crippen LogP contribution is 2.30. The molecule has 2 aliphatic heterocycles. The lowest BCUT2D eigenvalue weighted by Crippen LogP contribution is -2.36. The van der Waals surface area contributed by atoms with Crippen LogP contribution in [-0.4, -0.2) is 38.1 Å². The third kappa shape index (κ3) is 3.05. The van der Waals surface area contributed by atoms with Crippen LogP contribution in [0.15, 0.2) is 18.2 Å². The van der Waals surface area contributed by atoms with Gasteiger partial charge in [-0.05, 0) is 48.9 Å². The first kappa shape index (κ1) is 15.6. The number of amides is 2. The Hall–Kier alpha value is -1.88. The second-order valence-corrected chi connectivity index (χ2v) is 7.19. The number of hydrogen-bond acceptors (Lipinski definition) is 3. The van der Waals surface area contributed by atoms with Crippen molar-refractivity contribution in [3.8, 4) is 0 Å². The number of ether oxygens (including phenoxy) is 1. The molecule has 0 aromatic heterocycles. The molecule has 1 N–H and O–H groups in total. The lowest BCUT2D eigenvalue weighted by molar-refractivity contribution is -0.126. The molecule has 1 aromatic rings. The van der Waals surface area contributed by atoms with Gasteiger partial charge >= 0.3 is 0 Å². The Kier molecular flexibility index (Phi) is 4.27. The molecule has 5 heteroatoms. The van der Waals surface area contributed by atoms with Gasteiger partial charge < -0.3 is 15.0 Å². The van der Waals surface area contributed by atoms with Gasteiger partial charge in [-0.3, -0.25) is 9.59 Å². The van der Waals surface area contributed by atoms with Gasteiger partial charge in [0.05, 0.1) is 12.5 Å². The van der Waals surface area contributed by atoms with E-state index in [1.54, 1.807) is 4.90 Å². The fraction of sp³-hybridized carbons (Fsp3) is 0.579. The Balaban J connectivity index is 1.38. The number of hydrogen-bond donors (Lipinski definition) is 1.